The zero-order valence-corrected chi connectivity index (χ0v) is 6.34. The van der Waals surface area contributed by atoms with Crippen molar-refractivity contribution in [3.05, 3.63) is 0 Å². The van der Waals surface area contributed by atoms with Gasteiger partial charge in [0.25, 0.3) is 0 Å². The zero-order valence-electron chi connectivity index (χ0n) is 6.34. The quantitative estimate of drug-likeness (QED) is 0.306. The van der Waals surface area contributed by atoms with Crippen molar-refractivity contribution in [2.45, 2.75) is 17.5 Å². The summed E-state index contributed by atoms with van der Waals surface area (Å²) in [6.07, 6.45) is -1.40. The normalized spacial score (nSPS) is 48.2. The molecule has 6 nitrogen and oxygen atoms in total. The fourth-order valence-electron chi connectivity index (χ4n) is 1.15. The molecule has 5 N–H and O–H groups in total. The largest absolute Gasteiger partial charge is 0.393 e. The average molecular weight is 180 g/mol. The minimum Gasteiger partial charge on any atom is -0.393 e. The Hall–Kier alpha value is -0.240. The van der Waals surface area contributed by atoms with Crippen LogP contribution in [0.1, 0.15) is 0 Å². The van der Waals surface area contributed by atoms with E-state index in [4.69, 9.17) is 15.3 Å². The van der Waals surface area contributed by atoms with Crippen molar-refractivity contribution in [2.75, 3.05) is 19.8 Å². The molecule has 72 valence electrons. The first-order valence-corrected chi connectivity index (χ1v) is 3.48. The van der Waals surface area contributed by atoms with Gasteiger partial charge in [0.15, 0.2) is 5.60 Å². The Bertz CT molecular complexity index is 173. The lowest BCUT2D eigenvalue weighted by atomic mass is 9.91. The predicted octanol–water partition coefficient (Wildman–Crippen LogP) is -3.22. The van der Waals surface area contributed by atoms with Crippen LogP contribution in [0.2, 0.25) is 0 Å². The van der Waals surface area contributed by atoms with Gasteiger partial charge in [-0.1, -0.05) is 0 Å². The highest BCUT2D eigenvalue weighted by Crippen LogP contribution is 2.33. The first-order chi connectivity index (χ1) is 5.50. The van der Waals surface area contributed by atoms with Gasteiger partial charge in [-0.2, -0.15) is 0 Å². The second kappa shape index (κ2) is 2.91. The Morgan fingerprint density at radius 1 is 1.25 bits per heavy atom. The van der Waals surface area contributed by atoms with Crippen LogP contribution in [-0.2, 0) is 4.74 Å². The van der Waals surface area contributed by atoms with E-state index in [0.717, 1.165) is 0 Å². The Kier molecular flexibility index (Phi) is 2.39. The van der Waals surface area contributed by atoms with Gasteiger partial charge in [0.2, 0.25) is 5.79 Å². The summed E-state index contributed by atoms with van der Waals surface area (Å²) < 4.78 is 4.55. The zero-order chi connectivity index (χ0) is 9.41. The first kappa shape index (κ1) is 9.85. The molecule has 1 rings (SSSR count). The van der Waals surface area contributed by atoms with Crippen LogP contribution < -0.4 is 0 Å². The van der Waals surface area contributed by atoms with E-state index in [9.17, 15) is 10.2 Å². The summed E-state index contributed by atoms with van der Waals surface area (Å²) >= 11 is 0. The van der Waals surface area contributed by atoms with Crippen LogP contribution in [0.5, 0.6) is 0 Å². The molecule has 1 saturated heterocycles. The van der Waals surface area contributed by atoms with E-state index < -0.39 is 30.7 Å². The average Bonchev–Trinajstić information content (AvgIpc) is 2.31. The van der Waals surface area contributed by atoms with Crippen LogP contribution in [0.4, 0.5) is 0 Å². The molecule has 1 aliphatic rings. The smallest absolute Gasteiger partial charge is 0.224 e. The third-order valence-electron chi connectivity index (χ3n) is 2.16. The van der Waals surface area contributed by atoms with Crippen LogP contribution >= 0.6 is 0 Å². The fraction of sp³-hybridized carbons (Fsp3) is 1.00. The van der Waals surface area contributed by atoms with Gasteiger partial charge in [0, 0.05) is 0 Å². The van der Waals surface area contributed by atoms with Gasteiger partial charge in [-0.15, -0.1) is 0 Å². The lowest BCUT2D eigenvalue weighted by Gasteiger charge is -2.34. The summed E-state index contributed by atoms with van der Waals surface area (Å²) in [5.74, 6) is -2.28. The Morgan fingerprint density at radius 3 is 2.17 bits per heavy atom. The van der Waals surface area contributed by atoms with Gasteiger partial charge < -0.3 is 30.3 Å². The Balaban J connectivity index is 2.91. The summed E-state index contributed by atoms with van der Waals surface area (Å²) in [7, 11) is 0. The van der Waals surface area contributed by atoms with E-state index in [-0.39, 0.29) is 6.61 Å². The molecule has 12 heavy (non-hydrogen) atoms. The molecule has 0 radical (unpaired) electrons. The summed E-state index contributed by atoms with van der Waals surface area (Å²) in [5, 5.41) is 45.3. The molecule has 1 aliphatic heterocycles. The van der Waals surface area contributed by atoms with Crippen molar-refractivity contribution >= 4 is 0 Å². The van der Waals surface area contributed by atoms with Gasteiger partial charge in [0.1, 0.15) is 12.7 Å². The summed E-state index contributed by atoms with van der Waals surface area (Å²) in [6, 6.07) is 0. The minimum atomic E-state index is -2.28. The molecular weight excluding hydrogens is 168 g/mol. The molecule has 0 bridgehead atoms. The molecule has 0 aromatic heterocycles. The maximum absolute atomic E-state index is 9.45. The van der Waals surface area contributed by atoms with E-state index in [2.05, 4.69) is 4.74 Å². The molecule has 0 saturated carbocycles. The molecule has 1 heterocycles. The van der Waals surface area contributed by atoms with Crippen molar-refractivity contribution < 1.29 is 30.3 Å². The SMILES string of the molecule is OC[C@@]1(O)OC[C@@H](O)[C@]1(O)CO. The summed E-state index contributed by atoms with van der Waals surface area (Å²) in [4.78, 5) is 0. The van der Waals surface area contributed by atoms with Gasteiger partial charge in [-0.25, -0.2) is 0 Å². The second-order valence-electron chi connectivity index (χ2n) is 2.85. The fourth-order valence-corrected chi connectivity index (χ4v) is 1.15. The summed E-state index contributed by atoms with van der Waals surface area (Å²) in [6.45, 7) is -2.10. The van der Waals surface area contributed by atoms with Crippen LogP contribution in [-0.4, -0.2) is 62.8 Å². The lowest BCUT2D eigenvalue weighted by molar-refractivity contribution is -0.284. The molecule has 1 fully saturated rings. The third kappa shape index (κ3) is 1.05. The van der Waals surface area contributed by atoms with Gasteiger partial charge in [0.05, 0.1) is 13.2 Å². The van der Waals surface area contributed by atoms with Gasteiger partial charge in [-0.05, 0) is 0 Å². The molecule has 6 heteroatoms. The van der Waals surface area contributed by atoms with E-state index in [1.54, 1.807) is 0 Å². The molecule has 0 amide bonds. The van der Waals surface area contributed by atoms with E-state index >= 15 is 0 Å². The highest BCUT2D eigenvalue weighted by atomic mass is 16.7. The maximum Gasteiger partial charge on any atom is 0.224 e. The number of aliphatic hydroxyl groups is 5. The monoisotopic (exact) mass is 180 g/mol. The standard InChI is InChI=1S/C6H12O6/c7-2-5(10)4(9)1-12-6(5,11)3-8/h4,7-11H,1-3H2/t4-,5-,6-/m1/s1. The molecule has 0 aromatic carbocycles. The van der Waals surface area contributed by atoms with Crippen molar-refractivity contribution in [1.82, 2.24) is 0 Å². The third-order valence-corrected chi connectivity index (χ3v) is 2.16. The van der Waals surface area contributed by atoms with Crippen molar-refractivity contribution in [2.24, 2.45) is 0 Å². The molecule has 0 aromatic rings. The maximum atomic E-state index is 9.45. The van der Waals surface area contributed by atoms with Crippen LogP contribution in [0.25, 0.3) is 0 Å². The van der Waals surface area contributed by atoms with Crippen molar-refractivity contribution in [3.8, 4) is 0 Å². The molecule has 0 unspecified atom stereocenters. The van der Waals surface area contributed by atoms with Crippen LogP contribution in [0.3, 0.4) is 0 Å². The van der Waals surface area contributed by atoms with E-state index in [0.29, 0.717) is 0 Å². The van der Waals surface area contributed by atoms with Crippen LogP contribution in [0.15, 0.2) is 0 Å². The minimum absolute atomic E-state index is 0.325. The number of hydrogen-bond acceptors (Lipinski definition) is 6. The predicted molar refractivity (Wildman–Crippen MR) is 36.0 cm³/mol. The Morgan fingerprint density at radius 2 is 1.83 bits per heavy atom. The first-order valence-electron chi connectivity index (χ1n) is 3.48. The van der Waals surface area contributed by atoms with Gasteiger partial charge in [-0.3, -0.25) is 0 Å². The van der Waals surface area contributed by atoms with Crippen LogP contribution in [0, 0.1) is 0 Å². The van der Waals surface area contributed by atoms with E-state index in [1.165, 1.54) is 0 Å². The lowest BCUT2D eigenvalue weighted by Crippen LogP contribution is -2.60. The Labute approximate surface area is 68.6 Å². The summed E-state index contributed by atoms with van der Waals surface area (Å²) in [5.41, 5.74) is -2.21. The second-order valence-corrected chi connectivity index (χ2v) is 2.85. The molecule has 0 aliphatic carbocycles. The number of ether oxygens (including phenoxy) is 1. The highest BCUT2D eigenvalue weighted by molar-refractivity contribution is 5.03. The van der Waals surface area contributed by atoms with Crippen molar-refractivity contribution in [1.29, 1.82) is 0 Å². The number of rotatable bonds is 2. The molecular formula is C6H12O6. The number of hydrogen-bond donors (Lipinski definition) is 5. The number of aliphatic hydroxyl groups excluding tert-OH is 3. The topological polar surface area (TPSA) is 110 Å². The van der Waals surface area contributed by atoms with Gasteiger partial charge >= 0.3 is 0 Å². The molecule has 3 atom stereocenters. The molecule has 0 spiro atoms. The highest BCUT2D eigenvalue weighted by Gasteiger charge is 2.60. The van der Waals surface area contributed by atoms with E-state index in [1.807, 2.05) is 0 Å². The van der Waals surface area contributed by atoms with Crippen molar-refractivity contribution in [3.63, 3.8) is 0 Å².